The molecule has 0 radical (unpaired) electrons. The van der Waals surface area contributed by atoms with Gasteiger partial charge in [0.15, 0.2) is 0 Å². The smallest absolute Gasteiger partial charge is 0.224 e. The first-order valence-electron chi connectivity index (χ1n) is 8.06. The first-order chi connectivity index (χ1) is 11.8. The second-order valence-electron chi connectivity index (χ2n) is 5.88. The molecule has 1 heterocycles. The number of amides is 3. The lowest BCUT2D eigenvalue weighted by Crippen LogP contribution is -2.50. The van der Waals surface area contributed by atoms with E-state index >= 15 is 0 Å². The first kappa shape index (κ1) is 19.5. The summed E-state index contributed by atoms with van der Waals surface area (Å²) in [6.45, 7) is 5.27. The lowest BCUT2D eigenvalue weighted by atomic mass is 10.2. The van der Waals surface area contributed by atoms with Gasteiger partial charge in [-0.05, 0) is 12.1 Å². The highest BCUT2D eigenvalue weighted by Crippen LogP contribution is 2.32. The molecule has 6 nitrogen and oxygen atoms in total. The first-order valence-corrected chi connectivity index (χ1v) is 8.82. The maximum atomic E-state index is 12.4. The monoisotopic (exact) mass is 385 g/mol. The van der Waals surface area contributed by atoms with Gasteiger partial charge in [0.25, 0.3) is 0 Å². The van der Waals surface area contributed by atoms with Gasteiger partial charge < -0.3 is 14.7 Å². The van der Waals surface area contributed by atoms with Crippen LogP contribution in [0, 0.1) is 0 Å². The van der Waals surface area contributed by atoms with E-state index in [0.717, 1.165) is 0 Å². The molecule has 2 rings (SSSR count). The molecule has 1 aliphatic heterocycles. The van der Waals surface area contributed by atoms with Crippen molar-refractivity contribution in [2.75, 3.05) is 37.6 Å². The van der Waals surface area contributed by atoms with Gasteiger partial charge in [0.2, 0.25) is 17.7 Å². The molecule has 1 aromatic rings. The lowest BCUT2D eigenvalue weighted by molar-refractivity contribution is -0.138. The van der Waals surface area contributed by atoms with E-state index in [1.54, 1.807) is 28.0 Å². The largest absolute Gasteiger partial charge is 0.339 e. The Kier molecular flexibility index (Phi) is 6.67. The summed E-state index contributed by atoms with van der Waals surface area (Å²) in [5, 5.41) is 0.652. The molecule has 0 spiro atoms. The third kappa shape index (κ3) is 4.86. The number of nitrogens with zero attached hydrogens (tertiary/aromatic N) is 3. The number of hydrogen-bond donors (Lipinski definition) is 0. The molecule has 136 valence electrons. The van der Waals surface area contributed by atoms with Crippen molar-refractivity contribution in [3.63, 3.8) is 0 Å². The maximum absolute atomic E-state index is 12.4. The highest BCUT2D eigenvalue weighted by atomic mass is 35.5. The Bertz CT molecular complexity index is 673. The van der Waals surface area contributed by atoms with Crippen LogP contribution in [0.3, 0.4) is 0 Å². The van der Waals surface area contributed by atoms with E-state index in [0.29, 0.717) is 41.9 Å². The van der Waals surface area contributed by atoms with Crippen LogP contribution in [-0.2, 0) is 14.4 Å². The van der Waals surface area contributed by atoms with Gasteiger partial charge in [0.1, 0.15) is 0 Å². The predicted molar refractivity (Wildman–Crippen MR) is 97.9 cm³/mol. The SMILES string of the molecule is CC(=O)N1CCN(C(=O)CCN(C(C)=O)c2cccc(Cl)c2Cl)CC1. The van der Waals surface area contributed by atoms with Crippen molar-refractivity contribution < 1.29 is 14.4 Å². The van der Waals surface area contributed by atoms with Gasteiger partial charge in [-0.25, -0.2) is 0 Å². The number of carbonyl (C=O) groups is 3. The molecule has 0 saturated carbocycles. The van der Waals surface area contributed by atoms with Gasteiger partial charge in [0, 0.05) is 53.0 Å². The number of piperazine rings is 1. The van der Waals surface area contributed by atoms with Crippen molar-refractivity contribution in [2.45, 2.75) is 20.3 Å². The molecule has 1 saturated heterocycles. The molecule has 0 N–H and O–H groups in total. The summed E-state index contributed by atoms with van der Waals surface area (Å²) in [7, 11) is 0. The third-order valence-electron chi connectivity index (χ3n) is 4.23. The summed E-state index contributed by atoms with van der Waals surface area (Å²) in [6.07, 6.45) is 0.183. The van der Waals surface area contributed by atoms with Crippen LogP contribution in [0.15, 0.2) is 18.2 Å². The summed E-state index contributed by atoms with van der Waals surface area (Å²) in [4.78, 5) is 40.6. The topological polar surface area (TPSA) is 60.9 Å². The van der Waals surface area contributed by atoms with Crippen LogP contribution in [0.2, 0.25) is 10.0 Å². The normalized spacial score (nSPS) is 14.4. The number of halogens is 2. The minimum Gasteiger partial charge on any atom is -0.339 e. The van der Waals surface area contributed by atoms with Crippen LogP contribution in [-0.4, -0.2) is 60.2 Å². The summed E-state index contributed by atoms with van der Waals surface area (Å²) >= 11 is 12.2. The van der Waals surface area contributed by atoms with E-state index in [2.05, 4.69) is 0 Å². The predicted octanol–water partition coefficient (Wildman–Crippen LogP) is 2.43. The number of anilines is 1. The Balaban J connectivity index is 1.98. The minimum absolute atomic E-state index is 0.0189. The molecule has 1 aromatic carbocycles. The average Bonchev–Trinajstić information content (AvgIpc) is 2.58. The van der Waals surface area contributed by atoms with Gasteiger partial charge in [-0.2, -0.15) is 0 Å². The van der Waals surface area contributed by atoms with Gasteiger partial charge in [0.05, 0.1) is 15.7 Å². The lowest BCUT2D eigenvalue weighted by Gasteiger charge is -2.34. The molecule has 1 fully saturated rings. The number of rotatable bonds is 4. The Hall–Kier alpha value is -1.79. The van der Waals surface area contributed by atoms with Crippen LogP contribution in [0.5, 0.6) is 0 Å². The Labute approximate surface area is 157 Å². The molecule has 3 amide bonds. The Morgan fingerprint density at radius 3 is 2.20 bits per heavy atom. The van der Waals surface area contributed by atoms with E-state index in [1.807, 2.05) is 0 Å². The highest BCUT2D eigenvalue weighted by Gasteiger charge is 2.24. The fraction of sp³-hybridized carbons (Fsp3) is 0.471. The van der Waals surface area contributed by atoms with Crippen molar-refractivity contribution in [3.8, 4) is 0 Å². The van der Waals surface area contributed by atoms with Crippen LogP contribution in [0.4, 0.5) is 5.69 Å². The second kappa shape index (κ2) is 8.54. The molecule has 0 aromatic heterocycles. The van der Waals surface area contributed by atoms with Gasteiger partial charge in [-0.15, -0.1) is 0 Å². The third-order valence-corrected chi connectivity index (χ3v) is 5.04. The van der Waals surface area contributed by atoms with Crippen LogP contribution < -0.4 is 4.90 Å². The molecule has 0 bridgehead atoms. The number of carbonyl (C=O) groups excluding carboxylic acids is 3. The quantitative estimate of drug-likeness (QED) is 0.799. The molecule has 8 heteroatoms. The Morgan fingerprint density at radius 2 is 1.64 bits per heavy atom. The second-order valence-corrected chi connectivity index (χ2v) is 6.67. The van der Waals surface area contributed by atoms with Gasteiger partial charge >= 0.3 is 0 Å². The van der Waals surface area contributed by atoms with Crippen LogP contribution in [0.1, 0.15) is 20.3 Å². The van der Waals surface area contributed by atoms with E-state index < -0.39 is 0 Å². The van der Waals surface area contributed by atoms with Crippen molar-refractivity contribution in [1.82, 2.24) is 9.80 Å². The minimum atomic E-state index is -0.210. The zero-order chi connectivity index (χ0) is 18.6. The van der Waals surface area contributed by atoms with Gasteiger partial charge in [-0.3, -0.25) is 14.4 Å². The fourth-order valence-electron chi connectivity index (χ4n) is 2.78. The molecule has 0 atom stereocenters. The zero-order valence-electron chi connectivity index (χ0n) is 14.3. The average molecular weight is 386 g/mol. The van der Waals surface area contributed by atoms with E-state index in [1.165, 1.54) is 18.7 Å². The molecule has 1 aliphatic rings. The number of benzene rings is 1. The van der Waals surface area contributed by atoms with Crippen molar-refractivity contribution >= 4 is 46.6 Å². The zero-order valence-corrected chi connectivity index (χ0v) is 15.8. The maximum Gasteiger partial charge on any atom is 0.224 e. The highest BCUT2D eigenvalue weighted by molar-refractivity contribution is 6.44. The number of hydrogen-bond acceptors (Lipinski definition) is 3. The fourth-order valence-corrected chi connectivity index (χ4v) is 3.18. The van der Waals surface area contributed by atoms with E-state index in [-0.39, 0.29) is 30.7 Å². The van der Waals surface area contributed by atoms with E-state index in [9.17, 15) is 14.4 Å². The summed E-state index contributed by atoms with van der Waals surface area (Å²) in [6, 6.07) is 5.05. The van der Waals surface area contributed by atoms with Crippen LogP contribution in [0.25, 0.3) is 0 Å². The van der Waals surface area contributed by atoms with Crippen molar-refractivity contribution in [3.05, 3.63) is 28.2 Å². The van der Waals surface area contributed by atoms with Crippen molar-refractivity contribution in [1.29, 1.82) is 0 Å². The summed E-state index contributed by atoms with van der Waals surface area (Å²) in [5.41, 5.74) is 0.496. The van der Waals surface area contributed by atoms with E-state index in [4.69, 9.17) is 23.2 Å². The molecule has 25 heavy (non-hydrogen) atoms. The molecular weight excluding hydrogens is 365 g/mol. The molecule has 0 unspecified atom stereocenters. The Morgan fingerprint density at radius 1 is 1.04 bits per heavy atom. The molecular formula is C17H21Cl2N3O3. The standard InChI is InChI=1S/C17H21Cl2N3O3/c1-12(23)20-8-10-21(11-9-20)16(25)6-7-22(13(2)24)15-5-3-4-14(18)17(15)19/h3-5H,6-11H2,1-2H3. The summed E-state index contributed by atoms with van der Waals surface area (Å²) in [5.74, 6) is -0.239. The summed E-state index contributed by atoms with van der Waals surface area (Å²) < 4.78 is 0. The molecule has 0 aliphatic carbocycles. The van der Waals surface area contributed by atoms with Crippen molar-refractivity contribution in [2.24, 2.45) is 0 Å². The van der Waals surface area contributed by atoms with Crippen LogP contribution >= 0.6 is 23.2 Å². The van der Waals surface area contributed by atoms with Gasteiger partial charge in [-0.1, -0.05) is 29.3 Å².